The van der Waals surface area contributed by atoms with Gasteiger partial charge in [-0.2, -0.15) is 5.10 Å². The van der Waals surface area contributed by atoms with Crippen molar-refractivity contribution in [1.82, 2.24) is 5.43 Å². The number of halogens is 1. The van der Waals surface area contributed by atoms with Crippen LogP contribution in [0, 0.1) is 0 Å². The van der Waals surface area contributed by atoms with Crippen molar-refractivity contribution in [3.05, 3.63) is 53.0 Å². The van der Waals surface area contributed by atoms with E-state index in [-0.39, 0.29) is 12.3 Å². The number of nitrogens with zero attached hydrogens (tertiary/aromatic N) is 1. The van der Waals surface area contributed by atoms with Crippen molar-refractivity contribution in [1.29, 1.82) is 0 Å². The van der Waals surface area contributed by atoms with Crippen LogP contribution in [-0.4, -0.2) is 30.5 Å². The summed E-state index contributed by atoms with van der Waals surface area (Å²) in [7, 11) is 1.50. The third kappa shape index (κ3) is 6.51. The number of carbonyl (C=O) groups excluding carboxylic acids is 3. The van der Waals surface area contributed by atoms with Gasteiger partial charge in [-0.15, -0.1) is 0 Å². The van der Waals surface area contributed by atoms with E-state index in [0.29, 0.717) is 22.8 Å². The summed E-state index contributed by atoms with van der Waals surface area (Å²) in [4.78, 5) is 35.8. The fourth-order valence-corrected chi connectivity index (χ4v) is 2.50. The Kier molecular flexibility index (Phi) is 7.70. The number of hydrogen-bond donors (Lipinski definition) is 3. The summed E-state index contributed by atoms with van der Waals surface area (Å²) in [5.41, 5.74) is 3.51. The van der Waals surface area contributed by atoms with Crippen molar-refractivity contribution < 1.29 is 19.1 Å². The summed E-state index contributed by atoms with van der Waals surface area (Å²) in [5, 5.41) is 8.94. The minimum atomic E-state index is -0.951. The van der Waals surface area contributed by atoms with Gasteiger partial charge in [-0.3, -0.25) is 14.4 Å². The number of nitrogens with one attached hydrogen (secondary N) is 3. The molecule has 0 aromatic heterocycles. The van der Waals surface area contributed by atoms with Gasteiger partial charge < -0.3 is 15.4 Å². The predicted octanol–water partition coefficient (Wildman–Crippen LogP) is 2.92. The molecule has 8 nitrogen and oxygen atoms in total. The fraction of sp³-hybridized carbons (Fsp3) is 0.158. The van der Waals surface area contributed by atoms with E-state index in [9.17, 15) is 14.4 Å². The number of hydrogen-bond acceptors (Lipinski definition) is 5. The molecule has 9 heteroatoms. The molecule has 0 unspecified atom stereocenters. The number of hydrazone groups is 1. The third-order valence-corrected chi connectivity index (χ3v) is 4.14. The molecule has 2 aromatic rings. The van der Waals surface area contributed by atoms with Crippen LogP contribution in [0.5, 0.6) is 5.75 Å². The molecule has 0 fully saturated rings. The van der Waals surface area contributed by atoms with Gasteiger partial charge >= 0.3 is 11.8 Å². The molecule has 0 radical (unpaired) electrons. The van der Waals surface area contributed by atoms with Crippen molar-refractivity contribution in [3.8, 4) is 5.75 Å². The molecule has 0 atom stereocenters. The summed E-state index contributed by atoms with van der Waals surface area (Å²) < 4.78 is 5.80. The molecular weight excluding hydrogens is 428 g/mol. The van der Waals surface area contributed by atoms with Gasteiger partial charge in [-0.25, -0.2) is 5.43 Å². The highest BCUT2D eigenvalue weighted by atomic mass is 79.9. The first-order chi connectivity index (χ1) is 13.4. The first-order valence-corrected chi connectivity index (χ1v) is 9.01. The number of methoxy groups -OCH3 is 1. The van der Waals surface area contributed by atoms with Crippen LogP contribution in [0.4, 0.5) is 11.4 Å². The Balaban J connectivity index is 1.85. The minimum absolute atomic E-state index is 0.0425. The third-order valence-electron chi connectivity index (χ3n) is 3.45. The lowest BCUT2D eigenvalue weighted by Gasteiger charge is -2.08. The molecule has 28 heavy (non-hydrogen) atoms. The maximum absolute atomic E-state index is 12.0. The quantitative estimate of drug-likeness (QED) is 0.360. The van der Waals surface area contributed by atoms with Gasteiger partial charge in [-0.1, -0.05) is 18.2 Å². The molecule has 3 N–H and O–H groups in total. The van der Waals surface area contributed by atoms with Crippen molar-refractivity contribution in [2.24, 2.45) is 5.10 Å². The Morgan fingerprint density at radius 3 is 2.50 bits per heavy atom. The molecule has 0 aliphatic rings. The van der Waals surface area contributed by atoms with Gasteiger partial charge in [0.1, 0.15) is 5.75 Å². The topological polar surface area (TPSA) is 109 Å². The molecule has 0 saturated heterocycles. The molecule has 146 valence electrons. The van der Waals surface area contributed by atoms with Crippen LogP contribution in [0.15, 0.2) is 58.1 Å². The second-order valence-corrected chi connectivity index (χ2v) is 6.53. The predicted molar refractivity (Wildman–Crippen MR) is 110 cm³/mol. The number of amides is 3. The Bertz CT molecular complexity index is 914. The van der Waals surface area contributed by atoms with Crippen molar-refractivity contribution in [2.75, 3.05) is 17.7 Å². The number of benzene rings is 2. The average Bonchev–Trinajstić information content (AvgIpc) is 2.68. The maximum Gasteiger partial charge on any atom is 0.329 e. The average molecular weight is 447 g/mol. The molecular formula is C19H19BrN4O4. The van der Waals surface area contributed by atoms with Gasteiger partial charge in [0.15, 0.2) is 0 Å². The molecule has 0 aliphatic carbocycles. The van der Waals surface area contributed by atoms with E-state index in [1.54, 1.807) is 49.4 Å². The van der Waals surface area contributed by atoms with Gasteiger partial charge in [0.05, 0.1) is 19.2 Å². The van der Waals surface area contributed by atoms with Crippen LogP contribution >= 0.6 is 15.9 Å². The number of para-hydroxylation sites is 1. The number of anilines is 2. The summed E-state index contributed by atoms with van der Waals surface area (Å²) in [6.07, 6.45) is -0.0425. The van der Waals surface area contributed by atoms with E-state index >= 15 is 0 Å². The van der Waals surface area contributed by atoms with Crippen LogP contribution in [0.2, 0.25) is 0 Å². The first-order valence-electron chi connectivity index (χ1n) is 8.22. The normalized spacial score (nSPS) is 10.8. The lowest BCUT2D eigenvalue weighted by atomic mass is 10.2. The number of ether oxygens (including phenoxy) is 1. The Morgan fingerprint density at radius 2 is 1.79 bits per heavy atom. The van der Waals surface area contributed by atoms with Crippen LogP contribution in [0.1, 0.15) is 13.3 Å². The Morgan fingerprint density at radius 1 is 1.04 bits per heavy atom. The highest BCUT2D eigenvalue weighted by molar-refractivity contribution is 9.10. The summed E-state index contributed by atoms with van der Waals surface area (Å²) in [5.74, 6) is -1.60. The van der Waals surface area contributed by atoms with Crippen LogP contribution in [0.3, 0.4) is 0 Å². The zero-order valence-electron chi connectivity index (χ0n) is 15.3. The van der Waals surface area contributed by atoms with E-state index in [0.717, 1.165) is 4.47 Å². The van der Waals surface area contributed by atoms with Crippen molar-refractivity contribution in [2.45, 2.75) is 13.3 Å². The minimum Gasteiger partial charge on any atom is -0.497 e. The van der Waals surface area contributed by atoms with Gasteiger partial charge in [0.2, 0.25) is 5.91 Å². The highest BCUT2D eigenvalue weighted by Crippen LogP contribution is 2.21. The second-order valence-electron chi connectivity index (χ2n) is 5.68. The number of rotatable bonds is 6. The summed E-state index contributed by atoms with van der Waals surface area (Å²) >= 11 is 3.34. The molecule has 0 aliphatic heterocycles. The van der Waals surface area contributed by atoms with E-state index in [2.05, 4.69) is 37.1 Å². The van der Waals surface area contributed by atoms with E-state index in [1.807, 2.05) is 6.07 Å². The van der Waals surface area contributed by atoms with E-state index in [4.69, 9.17) is 4.74 Å². The smallest absolute Gasteiger partial charge is 0.329 e. The molecule has 0 heterocycles. The van der Waals surface area contributed by atoms with Crippen molar-refractivity contribution >= 4 is 50.7 Å². The zero-order chi connectivity index (χ0) is 20.5. The largest absolute Gasteiger partial charge is 0.497 e. The Hall–Kier alpha value is -3.20. The lowest BCUT2D eigenvalue weighted by molar-refractivity contribution is -0.136. The summed E-state index contributed by atoms with van der Waals surface area (Å²) in [6.45, 7) is 1.57. The summed E-state index contributed by atoms with van der Waals surface area (Å²) in [6, 6.07) is 13.8. The van der Waals surface area contributed by atoms with Gasteiger partial charge in [-0.05, 0) is 47.1 Å². The van der Waals surface area contributed by atoms with E-state index in [1.165, 1.54) is 7.11 Å². The standard InChI is InChI=1S/C19H19BrN4O4/c1-12(10-17(25)22-16-9-4-3-8-15(16)20)23-24-19(27)18(26)21-13-6-5-7-14(11-13)28-2/h3-9,11H,10H2,1-2H3,(H,21,26)(H,22,25)(H,24,27)/b23-12+. The molecule has 0 saturated carbocycles. The lowest BCUT2D eigenvalue weighted by Crippen LogP contribution is -2.33. The monoisotopic (exact) mass is 446 g/mol. The van der Waals surface area contributed by atoms with Crippen LogP contribution in [0.25, 0.3) is 0 Å². The SMILES string of the molecule is COc1cccc(NC(=O)C(=O)N/N=C(\C)CC(=O)Nc2ccccc2Br)c1. The maximum atomic E-state index is 12.0. The van der Waals surface area contributed by atoms with E-state index < -0.39 is 11.8 Å². The molecule has 0 spiro atoms. The highest BCUT2D eigenvalue weighted by Gasteiger charge is 2.14. The second kappa shape index (κ2) is 10.2. The first kappa shape index (κ1) is 21.1. The van der Waals surface area contributed by atoms with Crippen LogP contribution in [-0.2, 0) is 14.4 Å². The zero-order valence-corrected chi connectivity index (χ0v) is 16.9. The van der Waals surface area contributed by atoms with Crippen LogP contribution < -0.4 is 20.8 Å². The number of carbonyl (C=O) groups is 3. The molecule has 2 rings (SSSR count). The molecule has 2 aromatic carbocycles. The van der Waals surface area contributed by atoms with Gasteiger partial charge in [0, 0.05) is 21.9 Å². The fourth-order valence-electron chi connectivity index (χ4n) is 2.11. The molecule has 0 bridgehead atoms. The van der Waals surface area contributed by atoms with Gasteiger partial charge in [0.25, 0.3) is 0 Å². The molecule has 3 amide bonds. The van der Waals surface area contributed by atoms with Crippen molar-refractivity contribution in [3.63, 3.8) is 0 Å². The Labute approximate surface area is 170 Å².